The predicted octanol–water partition coefficient (Wildman–Crippen LogP) is 2.05. The molecule has 0 atom stereocenters. The normalized spacial score (nSPS) is 9.92. The number of carbonyl (C=O) groups is 1. The van der Waals surface area contributed by atoms with Crippen molar-refractivity contribution >= 4 is 5.78 Å². The quantitative estimate of drug-likeness (QED) is 0.511. The summed E-state index contributed by atoms with van der Waals surface area (Å²) in [6.45, 7) is 6.44. The minimum absolute atomic E-state index is 0.0356. The first kappa shape index (κ1) is 9.71. The molecule has 1 rings (SSSR count). The lowest BCUT2D eigenvalue weighted by atomic mass is 10.2. The summed E-state index contributed by atoms with van der Waals surface area (Å²) in [5.41, 5.74) is 0. The molecule has 1 aromatic heterocycles. The Bertz CT molecular complexity index is 302. The SMILES string of the molecule is C=CCC(=O)c1nccn1CCC. The number of ketones is 1. The van der Waals surface area contributed by atoms with Crippen molar-refractivity contribution in [2.45, 2.75) is 26.3 Å². The first-order valence-electron chi connectivity index (χ1n) is 4.44. The van der Waals surface area contributed by atoms with Gasteiger partial charge in [0.15, 0.2) is 5.82 Å². The summed E-state index contributed by atoms with van der Waals surface area (Å²) in [6, 6.07) is 0. The molecule has 0 unspecified atom stereocenters. The highest BCUT2D eigenvalue weighted by molar-refractivity contribution is 5.93. The van der Waals surface area contributed by atoms with Crippen LogP contribution in [-0.2, 0) is 6.54 Å². The Morgan fingerprint density at radius 2 is 2.54 bits per heavy atom. The second-order valence-electron chi connectivity index (χ2n) is 2.86. The van der Waals surface area contributed by atoms with Crippen LogP contribution in [0.15, 0.2) is 25.0 Å². The van der Waals surface area contributed by atoms with Gasteiger partial charge in [-0.2, -0.15) is 0 Å². The molecule has 70 valence electrons. The molecule has 0 aromatic carbocycles. The lowest BCUT2D eigenvalue weighted by Crippen LogP contribution is -2.09. The van der Waals surface area contributed by atoms with Crippen molar-refractivity contribution < 1.29 is 4.79 Å². The highest BCUT2D eigenvalue weighted by atomic mass is 16.1. The van der Waals surface area contributed by atoms with Crippen LogP contribution in [0.1, 0.15) is 30.4 Å². The summed E-state index contributed by atoms with van der Waals surface area (Å²) in [5, 5.41) is 0. The maximum atomic E-state index is 11.4. The Labute approximate surface area is 78.1 Å². The van der Waals surface area contributed by atoms with Gasteiger partial charge < -0.3 is 4.57 Å². The van der Waals surface area contributed by atoms with E-state index in [1.165, 1.54) is 0 Å². The summed E-state index contributed by atoms with van der Waals surface area (Å²) < 4.78 is 1.88. The minimum Gasteiger partial charge on any atom is -0.329 e. The van der Waals surface area contributed by atoms with Crippen LogP contribution in [-0.4, -0.2) is 15.3 Å². The van der Waals surface area contributed by atoms with Crippen LogP contribution in [0.4, 0.5) is 0 Å². The third-order valence-electron chi connectivity index (χ3n) is 1.76. The number of carbonyl (C=O) groups excluding carboxylic acids is 1. The number of aromatic nitrogens is 2. The molecular formula is C10H14N2O. The fourth-order valence-corrected chi connectivity index (χ4v) is 1.21. The zero-order valence-corrected chi connectivity index (χ0v) is 7.86. The second-order valence-corrected chi connectivity index (χ2v) is 2.86. The van der Waals surface area contributed by atoms with Crippen LogP contribution in [0, 0.1) is 0 Å². The predicted molar refractivity (Wildman–Crippen MR) is 51.7 cm³/mol. The number of nitrogens with zero attached hydrogens (tertiary/aromatic N) is 2. The summed E-state index contributed by atoms with van der Waals surface area (Å²) in [5.74, 6) is 0.579. The third kappa shape index (κ3) is 2.28. The van der Waals surface area contributed by atoms with Crippen molar-refractivity contribution in [1.29, 1.82) is 0 Å². The van der Waals surface area contributed by atoms with E-state index in [9.17, 15) is 4.79 Å². The van der Waals surface area contributed by atoms with Crippen molar-refractivity contribution in [1.82, 2.24) is 9.55 Å². The lowest BCUT2D eigenvalue weighted by molar-refractivity contribution is 0.0982. The minimum atomic E-state index is 0.0356. The fourth-order valence-electron chi connectivity index (χ4n) is 1.21. The van der Waals surface area contributed by atoms with Crippen molar-refractivity contribution in [2.24, 2.45) is 0 Å². The highest BCUT2D eigenvalue weighted by Crippen LogP contribution is 2.03. The van der Waals surface area contributed by atoms with Crippen LogP contribution in [0.5, 0.6) is 0 Å². The fraction of sp³-hybridized carbons (Fsp3) is 0.400. The average molecular weight is 178 g/mol. The standard InChI is InChI=1S/C10H14N2O/c1-3-5-9(13)10-11-6-8-12(10)7-4-2/h3,6,8H,1,4-5,7H2,2H3. The van der Waals surface area contributed by atoms with Crippen molar-refractivity contribution in [2.75, 3.05) is 0 Å². The van der Waals surface area contributed by atoms with Crippen LogP contribution >= 0.6 is 0 Å². The van der Waals surface area contributed by atoms with Crippen molar-refractivity contribution in [3.8, 4) is 0 Å². The number of allylic oxidation sites excluding steroid dienone is 1. The van der Waals surface area contributed by atoms with Gasteiger partial charge in [-0.05, 0) is 6.42 Å². The number of hydrogen-bond acceptors (Lipinski definition) is 2. The molecule has 0 N–H and O–H groups in total. The second kappa shape index (κ2) is 4.60. The van der Waals surface area contributed by atoms with Crippen molar-refractivity contribution in [3.05, 3.63) is 30.9 Å². The van der Waals surface area contributed by atoms with Crippen LogP contribution in [0.3, 0.4) is 0 Å². The van der Waals surface area contributed by atoms with Gasteiger partial charge in [-0.15, -0.1) is 6.58 Å². The molecule has 0 aliphatic heterocycles. The summed E-state index contributed by atoms with van der Waals surface area (Å²) in [4.78, 5) is 15.5. The van der Waals surface area contributed by atoms with E-state index in [0.29, 0.717) is 12.2 Å². The third-order valence-corrected chi connectivity index (χ3v) is 1.76. The van der Waals surface area contributed by atoms with Gasteiger partial charge in [0.25, 0.3) is 0 Å². The van der Waals surface area contributed by atoms with Gasteiger partial charge >= 0.3 is 0 Å². The van der Waals surface area contributed by atoms with Crippen LogP contribution in [0.25, 0.3) is 0 Å². The Kier molecular flexibility index (Phi) is 3.43. The zero-order valence-electron chi connectivity index (χ0n) is 7.86. The first-order chi connectivity index (χ1) is 6.29. The van der Waals surface area contributed by atoms with Gasteiger partial charge in [0, 0.05) is 25.4 Å². The van der Waals surface area contributed by atoms with Gasteiger partial charge in [0.05, 0.1) is 0 Å². The molecule has 0 aliphatic rings. The van der Waals surface area contributed by atoms with E-state index in [-0.39, 0.29) is 5.78 Å². The molecule has 13 heavy (non-hydrogen) atoms. The number of rotatable bonds is 5. The van der Waals surface area contributed by atoms with E-state index < -0.39 is 0 Å². The number of Topliss-reactive ketones (excluding diaryl/α,β-unsaturated/α-hetero) is 1. The summed E-state index contributed by atoms with van der Waals surface area (Å²) >= 11 is 0. The largest absolute Gasteiger partial charge is 0.329 e. The van der Waals surface area contributed by atoms with E-state index in [4.69, 9.17) is 0 Å². The molecule has 0 bridgehead atoms. The van der Waals surface area contributed by atoms with Crippen molar-refractivity contribution in [3.63, 3.8) is 0 Å². The van der Waals surface area contributed by atoms with E-state index in [1.54, 1.807) is 12.3 Å². The smallest absolute Gasteiger partial charge is 0.201 e. The summed E-state index contributed by atoms with van der Waals surface area (Å²) in [6.07, 6.45) is 6.46. The van der Waals surface area contributed by atoms with Crippen LogP contribution in [0.2, 0.25) is 0 Å². The first-order valence-corrected chi connectivity index (χ1v) is 4.44. The number of hydrogen-bond donors (Lipinski definition) is 0. The average Bonchev–Trinajstić information content (AvgIpc) is 2.54. The maximum Gasteiger partial charge on any atom is 0.201 e. The molecule has 0 radical (unpaired) electrons. The molecule has 1 heterocycles. The van der Waals surface area contributed by atoms with E-state index in [1.807, 2.05) is 10.8 Å². The van der Waals surface area contributed by atoms with Gasteiger partial charge in [-0.25, -0.2) is 4.98 Å². The molecule has 0 spiro atoms. The molecule has 0 aliphatic carbocycles. The molecule has 3 heteroatoms. The molecule has 0 amide bonds. The molecule has 0 fully saturated rings. The number of imidazole rings is 1. The van der Waals surface area contributed by atoms with Crippen LogP contribution < -0.4 is 0 Å². The Balaban J connectivity index is 2.80. The lowest BCUT2D eigenvalue weighted by Gasteiger charge is -2.03. The Morgan fingerprint density at radius 3 is 3.15 bits per heavy atom. The molecule has 0 saturated heterocycles. The molecular weight excluding hydrogens is 164 g/mol. The number of aryl methyl sites for hydroxylation is 1. The monoisotopic (exact) mass is 178 g/mol. The van der Waals surface area contributed by atoms with Gasteiger partial charge in [-0.1, -0.05) is 13.0 Å². The van der Waals surface area contributed by atoms with E-state index in [0.717, 1.165) is 13.0 Å². The van der Waals surface area contributed by atoms with E-state index >= 15 is 0 Å². The maximum absolute atomic E-state index is 11.4. The topological polar surface area (TPSA) is 34.9 Å². The molecule has 1 aromatic rings. The van der Waals surface area contributed by atoms with Gasteiger partial charge in [-0.3, -0.25) is 4.79 Å². The Morgan fingerprint density at radius 1 is 1.77 bits per heavy atom. The highest BCUT2D eigenvalue weighted by Gasteiger charge is 2.09. The van der Waals surface area contributed by atoms with Gasteiger partial charge in [0.1, 0.15) is 0 Å². The summed E-state index contributed by atoms with van der Waals surface area (Å²) in [7, 11) is 0. The zero-order chi connectivity index (χ0) is 9.68. The van der Waals surface area contributed by atoms with Gasteiger partial charge in [0.2, 0.25) is 5.78 Å². The van der Waals surface area contributed by atoms with E-state index in [2.05, 4.69) is 18.5 Å². The Hall–Kier alpha value is -1.38. The molecule has 0 saturated carbocycles. The molecule has 3 nitrogen and oxygen atoms in total.